The van der Waals surface area contributed by atoms with Crippen molar-refractivity contribution in [3.05, 3.63) is 84.9 Å². The van der Waals surface area contributed by atoms with Gasteiger partial charge in [-0.3, -0.25) is 0 Å². The van der Waals surface area contributed by atoms with Crippen molar-refractivity contribution < 1.29 is 0 Å². The van der Waals surface area contributed by atoms with E-state index < -0.39 is 0 Å². The lowest BCUT2D eigenvalue weighted by atomic mass is 10.1. The molecular formula is C26H16N4. The number of rotatable bonds is 0. The second kappa shape index (κ2) is 5.67. The predicted molar refractivity (Wildman–Crippen MR) is 125 cm³/mol. The van der Waals surface area contributed by atoms with Crippen molar-refractivity contribution >= 4 is 66.4 Å². The molecule has 0 unspecified atom stereocenters. The van der Waals surface area contributed by atoms with Crippen LogP contribution >= 0.6 is 0 Å². The van der Waals surface area contributed by atoms with Gasteiger partial charge in [0.05, 0.1) is 44.8 Å². The molecule has 4 heteroatoms. The second-order valence-electron chi connectivity index (χ2n) is 7.79. The van der Waals surface area contributed by atoms with E-state index in [-0.39, 0.29) is 0 Å². The van der Waals surface area contributed by atoms with Crippen LogP contribution in [-0.2, 0) is 0 Å². The molecule has 0 radical (unpaired) electrons. The maximum Gasteiger partial charge on any atom is 0.0916 e. The summed E-state index contributed by atoms with van der Waals surface area (Å²) in [4.78, 5) is 9.82. The molecular weight excluding hydrogens is 368 g/mol. The lowest BCUT2D eigenvalue weighted by Gasteiger charge is -2.24. The topological polar surface area (TPSA) is 49.8 Å². The molecule has 1 aliphatic rings. The quantitative estimate of drug-likeness (QED) is 0.280. The molecule has 0 aliphatic carbocycles. The first-order valence-electron chi connectivity index (χ1n) is 10.0. The van der Waals surface area contributed by atoms with Crippen LogP contribution < -0.4 is 10.6 Å². The van der Waals surface area contributed by atoms with Crippen molar-refractivity contribution in [1.82, 2.24) is 9.97 Å². The largest absolute Gasteiger partial charge is 0.352 e. The Balaban J connectivity index is 1.42. The first-order chi connectivity index (χ1) is 14.8. The van der Waals surface area contributed by atoms with Crippen LogP contribution in [0.5, 0.6) is 0 Å². The summed E-state index contributed by atoms with van der Waals surface area (Å²) in [5, 5.41) is 11.9. The van der Waals surface area contributed by atoms with Crippen molar-refractivity contribution in [3.8, 4) is 0 Å². The summed E-state index contributed by atoms with van der Waals surface area (Å²) in [5.41, 5.74) is 7.76. The summed E-state index contributed by atoms with van der Waals surface area (Å²) in [6.07, 6.45) is 0. The maximum atomic E-state index is 4.91. The summed E-state index contributed by atoms with van der Waals surface area (Å²) < 4.78 is 0. The zero-order valence-electron chi connectivity index (χ0n) is 16.0. The summed E-state index contributed by atoms with van der Waals surface area (Å²) in [7, 11) is 0. The van der Waals surface area contributed by atoms with E-state index in [1.54, 1.807) is 0 Å². The fraction of sp³-hybridized carbons (Fsp3) is 0. The number of nitrogens with zero attached hydrogens (tertiary/aromatic N) is 2. The van der Waals surface area contributed by atoms with Crippen molar-refractivity contribution in [2.45, 2.75) is 0 Å². The van der Waals surface area contributed by atoms with Gasteiger partial charge in [0.25, 0.3) is 0 Å². The monoisotopic (exact) mass is 384 g/mol. The predicted octanol–water partition coefficient (Wildman–Crippen LogP) is 6.89. The molecule has 0 atom stereocenters. The number of fused-ring (bicyclic) bond motifs is 6. The van der Waals surface area contributed by atoms with Gasteiger partial charge < -0.3 is 10.6 Å². The Labute approximate surface area is 172 Å². The van der Waals surface area contributed by atoms with Crippen LogP contribution in [0.15, 0.2) is 84.9 Å². The van der Waals surface area contributed by atoms with E-state index in [2.05, 4.69) is 95.6 Å². The van der Waals surface area contributed by atoms with Crippen molar-refractivity contribution in [2.75, 3.05) is 10.6 Å². The fourth-order valence-corrected chi connectivity index (χ4v) is 4.35. The maximum absolute atomic E-state index is 4.91. The average molecular weight is 384 g/mol. The summed E-state index contributed by atoms with van der Waals surface area (Å²) in [6, 6.07) is 29.5. The Morgan fingerprint density at radius 3 is 1.17 bits per heavy atom. The molecule has 0 saturated carbocycles. The van der Waals surface area contributed by atoms with E-state index in [0.717, 1.165) is 44.8 Å². The summed E-state index contributed by atoms with van der Waals surface area (Å²) >= 11 is 0. The van der Waals surface area contributed by atoms with Crippen LogP contribution in [0.2, 0.25) is 0 Å². The van der Waals surface area contributed by atoms with Crippen LogP contribution in [0.25, 0.3) is 43.6 Å². The lowest BCUT2D eigenvalue weighted by Crippen LogP contribution is -2.06. The molecule has 0 spiro atoms. The standard InChI is InChI=1S/C26H16N4/c1-2-6-16-10-20-19(9-15(16)5-1)27-23-13-25-26(14-24(23)28-20)30-22-12-18-8-4-3-7-17(18)11-21(22)29-25/h1-14,27-28H. The van der Waals surface area contributed by atoms with E-state index in [4.69, 9.17) is 9.97 Å². The Morgan fingerprint density at radius 1 is 0.400 bits per heavy atom. The van der Waals surface area contributed by atoms with Gasteiger partial charge >= 0.3 is 0 Å². The molecule has 2 N–H and O–H groups in total. The third kappa shape index (κ3) is 2.28. The van der Waals surface area contributed by atoms with E-state index in [0.29, 0.717) is 0 Å². The molecule has 0 saturated heterocycles. The highest BCUT2D eigenvalue weighted by Gasteiger charge is 2.17. The van der Waals surface area contributed by atoms with Crippen molar-refractivity contribution in [1.29, 1.82) is 0 Å². The van der Waals surface area contributed by atoms with Gasteiger partial charge in [0.1, 0.15) is 0 Å². The summed E-state index contributed by atoms with van der Waals surface area (Å²) in [5.74, 6) is 0. The molecule has 5 aromatic carbocycles. The number of benzene rings is 5. The van der Waals surface area contributed by atoms with Crippen LogP contribution in [-0.4, -0.2) is 9.97 Å². The second-order valence-corrected chi connectivity index (χ2v) is 7.79. The Hall–Kier alpha value is -4.18. The van der Waals surface area contributed by atoms with Gasteiger partial charge in [0, 0.05) is 0 Å². The molecule has 30 heavy (non-hydrogen) atoms. The Kier molecular flexibility index (Phi) is 2.97. The van der Waals surface area contributed by atoms with Gasteiger partial charge in [-0.15, -0.1) is 0 Å². The SMILES string of the molecule is c1ccc2cc3c(cc2c1)Nc1cc2nc4cc5ccccc5cc4nc2cc1N3. The molecule has 1 aromatic heterocycles. The minimum Gasteiger partial charge on any atom is -0.352 e. The van der Waals surface area contributed by atoms with Crippen LogP contribution in [0, 0.1) is 0 Å². The van der Waals surface area contributed by atoms with E-state index >= 15 is 0 Å². The molecule has 2 heterocycles. The molecule has 0 bridgehead atoms. The third-order valence-electron chi connectivity index (χ3n) is 5.86. The van der Waals surface area contributed by atoms with Gasteiger partial charge in [-0.2, -0.15) is 0 Å². The molecule has 1 aliphatic heterocycles. The average Bonchev–Trinajstić information content (AvgIpc) is 2.77. The van der Waals surface area contributed by atoms with Gasteiger partial charge in [-0.25, -0.2) is 9.97 Å². The first kappa shape index (κ1) is 15.7. The van der Waals surface area contributed by atoms with Crippen LogP contribution in [0.4, 0.5) is 22.7 Å². The van der Waals surface area contributed by atoms with E-state index in [1.165, 1.54) is 21.5 Å². The number of hydrogen-bond donors (Lipinski definition) is 2. The fourth-order valence-electron chi connectivity index (χ4n) is 4.35. The smallest absolute Gasteiger partial charge is 0.0916 e. The first-order valence-corrected chi connectivity index (χ1v) is 10.0. The number of hydrogen-bond acceptors (Lipinski definition) is 4. The molecule has 4 nitrogen and oxygen atoms in total. The number of aromatic nitrogens is 2. The van der Waals surface area contributed by atoms with Gasteiger partial charge in [-0.1, -0.05) is 48.5 Å². The highest BCUT2D eigenvalue weighted by atomic mass is 15.0. The van der Waals surface area contributed by atoms with Crippen molar-refractivity contribution in [3.63, 3.8) is 0 Å². The normalized spacial score (nSPS) is 12.5. The lowest BCUT2D eigenvalue weighted by molar-refractivity contribution is 1.38. The minimum absolute atomic E-state index is 0.884. The molecule has 7 rings (SSSR count). The zero-order chi connectivity index (χ0) is 19.7. The highest BCUT2D eigenvalue weighted by Crippen LogP contribution is 2.42. The number of anilines is 4. The van der Waals surface area contributed by atoms with Gasteiger partial charge in [-0.05, 0) is 57.9 Å². The van der Waals surface area contributed by atoms with Crippen molar-refractivity contribution in [2.24, 2.45) is 0 Å². The highest BCUT2D eigenvalue weighted by molar-refractivity contribution is 6.03. The molecule has 0 fully saturated rings. The molecule has 140 valence electrons. The number of nitrogens with one attached hydrogen (secondary N) is 2. The summed E-state index contributed by atoms with van der Waals surface area (Å²) in [6.45, 7) is 0. The minimum atomic E-state index is 0.884. The van der Waals surface area contributed by atoms with Gasteiger partial charge in [0.2, 0.25) is 0 Å². The third-order valence-corrected chi connectivity index (χ3v) is 5.86. The zero-order valence-corrected chi connectivity index (χ0v) is 16.0. The van der Waals surface area contributed by atoms with Gasteiger partial charge in [0.15, 0.2) is 0 Å². The van der Waals surface area contributed by atoms with Crippen LogP contribution in [0.1, 0.15) is 0 Å². The molecule has 0 amide bonds. The molecule has 6 aromatic rings. The Morgan fingerprint density at radius 2 is 0.733 bits per heavy atom. The van der Waals surface area contributed by atoms with E-state index in [9.17, 15) is 0 Å². The Bertz CT molecular complexity index is 1530. The van der Waals surface area contributed by atoms with E-state index in [1.807, 2.05) is 0 Å². The van der Waals surface area contributed by atoms with Crippen LogP contribution in [0.3, 0.4) is 0 Å².